The van der Waals surface area contributed by atoms with Crippen LogP contribution in [0.1, 0.15) is 48.5 Å². The number of hydrogen-bond donors (Lipinski definition) is 2. The van der Waals surface area contributed by atoms with Crippen molar-refractivity contribution < 1.29 is 27.5 Å². The second-order valence-corrected chi connectivity index (χ2v) is 9.72. The zero-order valence-corrected chi connectivity index (χ0v) is 19.7. The Morgan fingerprint density at radius 3 is 2.45 bits per heavy atom. The third kappa shape index (κ3) is 6.79. The van der Waals surface area contributed by atoms with Crippen LogP contribution in [-0.2, 0) is 26.0 Å². The van der Waals surface area contributed by atoms with Gasteiger partial charge in [-0.25, -0.2) is 17.9 Å². The van der Waals surface area contributed by atoms with E-state index in [4.69, 9.17) is 9.47 Å². The van der Waals surface area contributed by atoms with Crippen LogP contribution in [0.25, 0.3) is 0 Å². The normalized spacial score (nSPS) is 15.1. The zero-order valence-electron chi connectivity index (χ0n) is 18.9. The molecule has 33 heavy (non-hydrogen) atoms. The highest BCUT2D eigenvalue weighted by atomic mass is 32.2. The summed E-state index contributed by atoms with van der Waals surface area (Å²) in [5.74, 6) is -1.09. The molecule has 1 unspecified atom stereocenters. The first-order chi connectivity index (χ1) is 15.8. The van der Waals surface area contributed by atoms with Gasteiger partial charge in [-0.05, 0) is 49.9 Å². The van der Waals surface area contributed by atoms with Crippen LogP contribution in [0.4, 0.5) is 0 Å². The number of rotatable bonds is 10. The molecule has 0 saturated heterocycles. The van der Waals surface area contributed by atoms with E-state index in [9.17, 15) is 18.0 Å². The Morgan fingerprint density at radius 1 is 1.09 bits per heavy atom. The Bertz CT molecular complexity index is 1070. The number of hydrogen-bond acceptors (Lipinski definition) is 6. The summed E-state index contributed by atoms with van der Waals surface area (Å²) in [6, 6.07) is 13.6. The number of methoxy groups -OCH3 is 1. The lowest BCUT2D eigenvalue weighted by molar-refractivity contribution is -0.129. The van der Waals surface area contributed by atoms with Crippen molar-refractivity contribution in [3.05, 3.63) is 59.7 Å². The smallest absolute Gasteiger partial charge is 0.338 e. The highest BCUT2D eigenvalue weighted by Gasteiger charge is 2.27. The first-order valence-corrected chi connectivity index (χ1v) is 12.5. The van der Waals surface area contributed by atoms with Gasteiger partial charge in [0.1, 0.15) is 10.6 Å². The lowest BCUT2D eigenvalue weighted by atomic mass is 10.1. The van der Waals surface area contributed by atoms with Crippen molar-refractivity contribution in [3.8, 4) is 5.75 Å². The Labute approximate surface area is 194 Å². The Morgan fingerprint density at radius 2 is 1.79 bits per heavy atom. The molecule has 2 aromatic carbocycles. The third-order valence-corrected chi connectivity index (χ3v) is 7.12. The number of esters is 1. The number of sulfonamides is 1. The summed E-state index contributed by atoms with van der Waals surface area (Å²) < 4.78 is 39.0. The van der Waals surface area contributed by atoms with E-state index in [0.717, 1.165) is 31.2 Å². The van der Waals surface area contributed by atoms with E-state index in [1.807, 2.05) is 30.3 Å². The summed E-state index contributed by atoms with van der Waals surface area (Å²) in [7, 11) is -2.52. The van der Waals surface area contributed by atoms with Gasteiger partial charge in [0.2, 0.25) is 10.0 Å². The van der Waals surface area contributed by atoms with Crippen molar-refractivity contribution in [1.82, 2.24) is 10.0 Å². The van der Waals surface area contributed by atoms with E-state index in [1.54, 1.807) is 0 Å². The topological polar surface area (TPSA) is 111 Å². The Kier molecular flexibility index (Phi) is 8.46. The largest absolute Gasteiger partial charge is 0.495 e. The first-order valence-electron chi connectivity index (χ1n) is 11.0. The average Bonchev–Trinajstić information content (AvgIpc) is 3.31. The van der Waals surface area contributed by atoms with Crippen molar-refractivity contribution in [3.63, 3.8) is 0 Å². The van der Waals surface area contributed by atoms with Gasteiger partial charge in [-0.2, -0.15) is 0 Å². The molecule has 0 spiro atoms. The van der Waals surface area contributed by atoms with Crippen LogP contribution in [0.5, 0.6) is 5.75 Å². The van der Waals surface area contributed by atoms with Gasteiger partial charge < -0.3 is 14.8 Å². The Balaban J connectivity index is 1.62. The molecule has 3 rings (SSSR count). The molecular formula is C24H30N2O6S. The van der Waals surface area contributed by atoms with Gasteiger partial charge in [0.05, 0.1) is 12.7 Å². The second kappa shape index (κ2) is 11.3. The molecule has 0 radical (unpaired) electrons. The molecule has 178 valence electrons. The number of nitrogens with one attached hydrogen (secondary N) is 2. The van der Waals surface area contributed by atoms with E-state index in [0.29, 0.717) is 13.0 Å². The summed E-state index contributed by atoms with van der Waals surface area (Å²) in [5, 5.41) is 2.74. The molecule has 2 aromatic rings. The fraction of sp³-hybridized carbons (Fsp3) is 0.417. The minimum Gasteiger partial charge on any atom is -0.495 e. The summed E-state index contributed by atoms with van der Waals surface area (Å²) in [4.78, 5) is 24.8. The number of ether oxygens (including phenoxy) is 2. The predicted molar refractivity (Wildman–Crippen MR) is 124 cm³/mol. The van der Waals surface area contributed by atoms with Gasteiger partial charge in [0.25, 0.3) is 5.91 Å². The van der Waals surface area contributed by atoms with Crippen molar-refractivity contribution in [2.24, 2.45) is 0 Å². The van der Waals surface area contributed by atoms with Crippen LogP contribution in [0, 0.1) is 0 Å². The molecule has 1 atom stereocenters. The van der Waals surface area contributed by atoms with Crippen LogP contribution < -0.4 is 14.8 Å². The maximum Gasteiger partial charge on any atom is 0.338 e. The molecule has 1 saturated carbocycles. The van der Waals surface area contributed by atoms with Crippen molar-refractivity contribution in [2.75, 3.05) is 13.7 Å². The molecule has 1 fully saturated rings. The van der Waals surface area contributed by atoms with E-state index >= 15 is 0 Å². The molecule has 9 heteroatoms. The van der Waals surface area contributed by atoms with Gasteiger partial charge in [0, 0.05) is 12.6 Å². The summed E-state index contributed by atoms with van der Waals surface area (Å²) in [5.41, 5.74) is 1.10. The highest BCUT2D eigenvalue weighted by Crippen LogP contribution is 2.27. The van der Waals surface area contributed by atoms with E-state index in [2.05, 4.69) is 10.0 Å². The van der Waals surface area contributed by atoms with Crippen LogP contribution >= 0.6 is 0 Å². The molecule has 1 aliphatic rings. The zero-order chi connectivity index (χ0) is 23.8. The van der Waals surface area contributed by atoms with Crippen LogP contribution in [0.2, 0.25) is 0 Å². The number of carbonyl (C=O) groups excluding carboxylic acids is 2. The van der Waals surface area contributed by atoms with Crippen molar-refractivity contribution in [2.45, 2.75) is 56.1 Å². The first kappa shape index (κ1) is 24.7. The summed E-state index contributed by atoms with van der Waals surface area (Å²) in [6.45, 7) is 1.88. The van der Waals surface area contributed by atoms with Gasteiger partial charge in [-0.15, -0.1) is 0 Å². The molecule has 0 bridgehead atoms. The molecule has 1 amide bonds. The highest BCUT2D eigenvalue weighted by molar-refractivity contribution is 7.89. The van der Waals surface area contributed by atoms with Gasteiger partial charge in [-0.3, -0.25) is 4.79 Å². The van der Waals surface area contributed by atoms with Crippen LogP contribution in [0.15, 0.2) is 53.4 Å². The monoisotopic (exact) mass is 474 g/mol. The molecule has 2 N–H and O–H groups in total. The Hall–Kier alpha value is -2.91. The predicted octanol–water partition coefficient (Wildman–Crippen LogP) is 2.82. The fourth-order valence-corrected chi connectivity index (χ4v) is 5.24. The number of benzene rings is 2. The number of carbonyl (C=O) groups is 2. The molecular weight excluding hydrogens is 444 g/mol. The van der Waals surface area contributed by atoms with Crippen molar-refractivity contribution in [1.29, 1.82) is 0 Å². The van der Waals surface area contributed by atoms with Gasteiger partial charge in [-0.1, -0.05) is 43.2 Å². The van der Waals surface area contributed by atoms with Crippen LogP contribution in [-0.4, -0.2) is 46.1 Å². The average molecular weight is 475 g/mol. The lowest BCUT2D eigenvalue weighted by Crippen LogP contribution is -2.37. The van der Waals surface area contributed by atoms with E-state index < -0.39 is 28.0 Å². The van der Waals surface area contributed by atoms with Crippen molar-refractivity contribution >= 4 is 21.9 Å². The molecule has 0 aliphatic heterocycles. The molecule has 8 nitrogen and oxygen atoms in total. The van der Waals surface area contributed by atoms with Gasteiger partial charge >= 0.3 is 5.97 Å². The quantitative estimate of drug-likeness (QED) is 0.513. The maximum atomic E-state index is 12.9. The summed E-state index contributed by atoms with van der Waals surface area (Å²) in [6.07, 6.45) is 3.12. The third-order valence-electron chi connectivity index (χ3n) is 5.57. The second-order valence-electron chi connectivity index (χ2n) is 8.04. The maximum absolute atomic E-state index is 12.9. The SMILES string of the molecule is COc1ccc(C(=O)OC(C)C(=O)NCCc2ccccc2)cc1S(=O)(=O)NC1CCCC1. The van der Waals surface area contributed by atoms with E-state index in [-0.39, 0.29) is 22.3 Å². The van der Waals surface area contributed by atoms with Crippen LogP contribution in [0.3, 0.4) is 0 Å². The molecule has 0 aromatic heterocycles. The molecule has 1 aliphatic carbocycles. The number of amides is 1. The summed E-state index contributed by atoms with van der Waals surface area (Å²) >= 11 is 0. The minimum atomic E-state index is -3.89. The lowest BCUT2D eigenvalue weighted by Gasteiger charge is -2.17. The molecule has 0 heterocycles. The fourth-order valence-electron chi connectivity index (χ4n) is 3.74. The van der Waals surface area contributed by atoms with Gasteiger partial charge in [0.15, 0.2) is 6.10 Å². The standard InChI is InChI=1S/C24H30N2O6S/c1-17(23(27)25-15-14-18-8-4-3-5-9-18)32-24(28)19-12-13-21(31-2)22(16-19)33(29,30)26-20-10-6-7-11-20/h3-5,8-9,12-13,16-17,20,26H,6-7,10-11,14-15H2,1-2H3,(H,25,27). The minimum absolute atomic E-state index is 0.0199. The van der Waals surface area contributed by atoms with E-state index in [1.165, 1.54) is 32.2 Å².